The summed E-state index contributed by atoms with van der Waals surface area (Å²) >= 11 is 5.81. The second kappa shape index (κ2) is 8.64. The lowest BCUT2D eigenvalue weighted by Gasteiger charge is -2.37. The van der Waals surface area contributed by atoms with E-state index in [0.29, 0.717) is 35.5 Å². The molecular formula is C25H27ClFNO3. The van der Waals surface area contributed by atoms with Crippen LogP contribution in [0, 0.1) is 18.7 Å². The summed E-state index contributed by atoms with van der Waals surface area (Å²) in [4.78, 5) is 13.0. The van der Waals surface area contributed by atoms with Crippen molar-refractivity contribution in [2.75, 3.05) is 13.7 Å². The summed E-state index contributed by atoms with van der Waals surface area (Å²) in [6.45, 7) is 2.64. The highest BCUT2D eigenvalue weighted by Gasteiger charge is 2.47. The number of ether oxygens (including phenoxy) is 1. The summed E-state index contributed by atoms with van der Waals surface area (Å²) in [5, 5.41) is 14.4. The van der Waals surface area contributed by atoms with Gasteiger partial charge in [-0.1, -0.05) is 29.8 Å². The lowest BCUT2D eigenvalue weighted by Crippen LogP contribution is -2.47. The third-order valence-electron chi connectivity index (χ3n) is 6.72. The maximum Gasteiger partial charge on any atom is 0.256 e. The molecule has 2 aliphatic rings. The third-order valence-corrected chi connectivity index (χ3v) is 7.03. The molecule has 0 saturated heterocycles. The zero-order chi connectivity index (χ0) is 22.2. The van der Waals surface area contributed by atoms with E-state index in [1.54, 1.807) is 13.2 Å². The van der Waals surface area contributed by atoms with Crippen molar-refractivity contribution in [3.8, 4) is 11.1 Å². The van der Waals surface area contributed by atoms with Gasteiger partial charge in [-0.3, -0.25) is 4.79 Å². The van der Waals surface area contributed by atoms with Crippen LogP contribution in [-0.2, 0) is 9.53 Å². The fraction of sp³-hybridized carbons (Fsp3) is 0.400. The van der Waals surface area contributed by atoms with Gasteiger partial charge < -0.3 is 15.2 Å². The first-order chi connectivity index (χ1) is 14.8. The molecule has 1 spiro atoms. The molecule has 164 valence electrons. The number of rotatable bonds is 5. The van der Waals surface area contributed by atoms with Gasteiger partial charge in [-0.15, -0.1) is 0 Å². The van der Waals surface area contributed by atoms with Crippen molar-refractivity contribution >= 4 is 23.1 Å². The minimum absolute atomic E-state index is 0.0645. The average Bonchev–Trinajstić information content (AvgIpc) is 2.99. The van der Waals surface area contributed by atoms with E-state index in [2.05, 4.69) is 5.32 Å². The van der Waals surface area contributed by atoms with Crippen LogP contribution in [0.15, 0.2) is 42.2 Å². The summed E-state index contributed by atoms with van der Waals surface area (Å²) in [5.41, 5.74) is 2.60. The third kappa shape index (κ3) is 4.09. The van der Waals surface area contributed by atoms with E-state index in [9.17, 15) is 14.3 Å². The van der Waals surface area contributed by atoms with Gasteiger partial charge >= 0.3 is 0 Å². The lowest BCUT2D eigenvalue weighted by molar-refractivity contribution is -0.116. The Balaban J connectivity index is 1.67. The van der Waals surface area contributed by atoms with Gasteiger partial charge in [-0.05, 0) is 85.4 Å². The summed E-state index contributed by atoms with van der Waals surface area (Å²) in [7, 11) is 1.71. The van der Waals surface area contributed by atoms with E-state index in [1.165, 1.54) is 12.1 Å². The van der Waals surface area contributed by atoms with Crippen LogP contribution in [0.25, 0.3) is 16.7 Å². The highest BCUT2D eigenvalue weighted by atomic mass is 35.5. The number of methoxy groups -OCH3 is 1. The standard InChI is InChI=1S/C25H27ClFNO3/c1-15-3-4-17(18-5-6-20(26)21(27)14-18)13-19(15)22-23(29)25(28-24(22)30)10-7-16(8-11-25)9-12-31-2/h3-6,13-14,16,29H,7-12H2,1-2H3,(H,28,30)/t16-,25+. The van der Waals surface area contributed by atoms with Gasteiger partial charge in [0.2, 0.25) is 0 Å². The number of carbonyl (C=O) groups excluding carboxylic acids is 1. The zero-order valence-electron chi connectivity index (χ0n) is 17.8. The molecule has 2 N–H and O–H groups in total. The number of benzene rings is 2. The zero-order valence-corrected chi connectivity index (χ0v) is 18.6. The minimum Gasteiger partial charge on any atom is -0.509 e. The molecule has 0 atom stereocenters. The highest BCUT2D eigenvalue weighted by Crippen LogP contribution is 2.44. The van der Waals surface area contributed by atoms with Crippen LogP contribution < -0.4 is 5.32 Å². The van der Waals surface area contributed by atoms with E-state index < -0.39 is 11.4 Å². The number of aryl methyl sites for hydroxylation is 1. The minimum atomic E-state index is -0.690. The predicted molar refractivity (Wildman–Crippen MR) is 120 cm³/mol. The Kier molecular flexibility index (Phi) is 6.09. The molecule has 1 heterocycles. The molecule has 0 aromatic heterocycles. The fourth-order valence-corrected chi connectivity index (χ4v) is 4.91. The number of aliphatic hydroxyl groups excluding tert-OH is 1. The molecule has 4 nitrogen and oxygen atoms in total. The molecule has 4 rings (SSSR count). The van der Waals surface area contributed by atoms with Crippen LogP contribution in [0.3, 0.4) is 0 Å². The van der Waals surface area contributed by atoms with E-state index in [4.69, 9.17) is 16.3 Å². The van der Waals surface area contributed by atoms with Gasteiger partial charge in [0.1, 0.15) is 11.6 Å². The SMILES string of the molecule is COCC[C@H]1CC[C@]2(CC1)NC(=O)C(c1cc(-c3ccc(Cl)c(F)c3)ccc1C)=C2O. The Bertz CT molecular complexity index is 1040. The Morgan fingerprint density at radius 1 is 1.19 bits per heavy atom. The number of hydrogen-bond acceptors (Lipinski definition) is 3. The number of halogens is 2. The molecule has 1 amide bonds. The maximum absolute atomic E-state index is 14.0. The molecule has 0 bridgehead atoms. The predicted octanol–water partition coefficient (Wildman–Crippen LogP) is 5.82. The van der Waals surface area contributed by atoms with Gasteiger partial charge in [0.15, 0.2) is 0 Å². The second-order valence-corrected chi connectivity index (χ2v) is 9.05. The maximum atomic E-state index is 14.0. The molecule has 1 aliphatic carbocycles. The normalized spacial score (nSPS) is 23.5. The van der Waals surface area contributed by atoms with Crippen molar-refractivity contribution < 1.29 is 19.0 Å². The smallest absolute Gasteiger partial charge is 0.256 e. The van der Waals surface area contributed by atoms with Crippen molar-refractivity contribution in [2.24, 2.45) is 5.92 Å². The Labute approximate surface area is 187 Å². The Morgan fingerprint density at radius 3 is 2.55 bits per heavy atom. The van der Waals surface area contributed by atoms with E-state index in [-0.39, 0.29) is 16.7 Å². The van der Waals surface area contributed by atoms with Gasteiger partial charge in [0, 0.05) is 13.7 Å². The van der Waals surface area contributed by atoms with Gasteiger partial charge in [-0.25, -0.2) is 4.39 Å². The number of amides is 1. The van der Waals surface area contributed by atoms with Gasteiger partial charge in [0.25, 0.3) is 5.91 Å². The molecule has 1 aliphatic heterocycles. The van der Waals surface area contributed by atoms with Crippen LogP contribution in [0.2, 0.25) is 5.02 Å². The quantitative estimate of drug-likeness (QED) is 0.612. The second-order valence-electron chi connectivity index (χ2n) is 8.64. The summed E-state index contributed by atoms with van der Waals surface area (Å²) in [6, 6.07) is 10.2. The molecule has 31 heavy (non-hydrogen) atoms. The number of hydrogen-bond donors (Lipinski definition) is 2. The van der Waals surface area contributed by atoms with Crippen LogP contribution >= 0.6 is 11.6 Å². The monoisotopic (exact) mass is 443 g/mol. The van der Waals surface area contributed by atoms with Gasteiger partial charge in [-0.2, -0.15) is 0 Å². The van der Waals surface area contributed by atoms with Crippen LogP contribution in [0.1, 0.15) is 43.2 Å². The van der Waals surface area contributed by atoms with Gasteiger partial charge in [0.05, 0.1) is 16.1 Å². The topological polar surface area (TPSA) is 58.6 Å². The van der Waals surface area contributed by atoms with Crippen LogP contribution in [0.4, 0.5) is 4.39 Å². The molecule has 6 heteroatoms. The van der Waals surface area contributed by atoms with Crippen LogP contribution in [-0.4, -0.2) is 30.3 Å². The van der Waals surface area contributed by atoms with E-state index in [1.807, 2.05) is 25.1 Å². The molecular weight excluding hydrogens is 417 g/mol. The fourth-order valence-electron chi connectivity index (χ4n) is 4.79. The van der Waals surface area contributed by atoms with Crippen molar-refractivity contribution in [1.29, 1.82) is 0 Å². The summed E-state index contributed by atoms with van der Waals surface area (Å²) < 4.78 is 19.2. The first-order valence-electron chi connectivity index (χ1n) is 10.7. The molecule has 2 aromatic carbocycles. The van der Waals surface area contributed by atoms with E-state index >= 15 is 0 Å². The molecule has 2 aromatic rings. The molecule has 0 unspecified atom stereocenters. The summed E-state index contributed by atoms with van der Waals surface area (Å²) in [6.07, 6.45) is 4.29. The van der Waals surface area contributed by atoms with Crippen molar-refractivity contribution in [2.45, 2.75) is 44.6 Å². The number of nitrogens with one attached hydrogen (secondary N) is 1. The highest BCUT2D eigenvalue weighted by molar-refractivity contribution is 6.30. The number of carbonyl (C=O) groups is 1. The number of aliphatic hydroxyl groups is 1. The first-order valence-corrected chi connectivity index (χ1v) is 11.0. The molecule has 1 saturated carbocycles. The van der Waals surface area contributed by atoms with Crippen LogP contribution in [0.5, 0.6) is 0 Å². The largest absolute Gasteiger partial charge is 0.509 e. The van der Waals surface area contributed by atoms with Crippen molar-refractivity contribution in [3.63, 3.8) is 0 Å². The van der Waals surface area contributed by atoms with Crippen molar-refractivity contribution in [1.82, 2.24) is 5.32 Å². The molecule has 0 radical (unpaired) electrons. The summed E-state index contributed by atoms with van der Waals surface area (Å²) in [5.74, 6) is -0.0732. The van der Waals surface area contributed by atoms with Crippen molar-refractivity contribution in [3.05, 3.63) is 64.1 Å². The first kappa shape index (κ1) is 21.8. The average molecular weight is 444 g/mol. The Hall–Kier alpha value is -2.37. The van der Waals surface area contributed by atoms with E-state index in [0.717, 1.165) is 37.0 Å². The lowest BCUT2D eigenvalue weighted by atomic mass is 9.74. The Morgan fingerprint density at radius 2 is 1.87 bits per heavy atom. The molecule has 1 fully saturated rings.